The molecule has 2 aliphatic heterocycles. The minimum absolute atomic E-state index is 0.0105. The van der Waals surface area contributed by atoms with Crippen molar-refractivity contribution in [1.82, 2.24) is 10.2 Å². The molecule has 43 heavy (non-hydrogen) atoms. The standard InChI is InChI=1S/C35H42N2O6/c38-24-25-13-15-27(16-14-25)32-21-31(23-37-17-2-1-3-18-37)42-35(43-32)30-10-5-9-29(20-30)28-8-4-7-26(19-28)22-36-33(39)11-6-12-34(40)41/h4-5,7-10,13-16,19-20,31-32,35,38H,1-3,6,11-12,17-18,21-24H2,(H,36,39)(H,40,41). The summed E-state index contributed by atoms with van der Waals surface area (Å²) in [4.78, 5) is 25.3. The zero-order valence-electron chi connectivity index (χ0n) is 24.6. The predicted molar refractivity (Wildman–Crippen MR) is 164 cm³/mol. The highest BCUT2D eigenvalue weighted by Crippen LogP contribution is 2.39. The summed E-state index contributed by atoms with van der Waals surface area (Å²) in [6.45, 7) is 3.49. The Hall–Kier alpha value is -3.56. The number of hydrogen-bond acceptors (Lipinski definition) is 6. The number of carboxylic acid groups (broad SMARTS) is 1. The first kappa shape index (κ1) is 30.9. The predicted octanol–water partition coefficient (Wildman–Crippen LogP) is 5.75. The van der Waals surface area contributed by atoms with Crippen LogP contribution in [0.2, 0.25) is 0 Å². The Morgan fingerprint density at radius 1 is 0.837 bits per heavy atom. The van der Waals surface area contributed by atoms with Crippen molar-refractivity contribution >= 4 is 11.9 Å². The maximum absolute atomic E-state index is 12.1. The van der Waals surface area contributed by atoms with E-state index in [4.69, 9.17) is 14.6 Å². The van der Waals surface area contributed by atoms with Crippen LogP contribution in [0, 0.1) is 0 Å². The lowest BCUT2D eigenvalue weighted by Gasteiger charge is -2.39. The number of nitrogens with one attached hydrogen (secondary N) is 1. The lowest BCUT2D eigenvalue weighted by Crippen LogP contribution is -2.41. The van der Waals surface area contributed by atoms with E-state index >= 15 is 0 Å². The highest BCUT2D eigenvalue weighted by atomic mass is 16.7. The van der Waals surface area contributed by atoms with Crippen molar-refractivity contribution in [3.8, 4) is 11.1 Å². The number of carbonyl (C=O) groups excluding carboxylic acids is 1. The number of ether oxygens (including phenoxy) is 2. The van der Waals surface area contributed by atoms with Crippen molar-refractivity contribution in [2.45, 2.75) is 76.6 Å². The number of aliphatic hydroxyl groups excluding tert-OH is 1. The van der Waals surface area contributed by atoms with Gasteiger partial charge in [-0.05, 0) is 72.3 Å². The fourth-order valence-electron chi connectivity index (χ4n) is 5.88. The molecule has 0 aliphatic carbocycles. The zero-order valence-corrected chi connectivity index (χ0v) is 24.6. The number of aliphatic carboxylic acids is 1. The van der Waals surface area contributed by atoms with E-state index < -0.39 is 12.3 Å². The van der Waals surface area contributed by atoms with Crippen LogP contribution in [0.15, 0.2) is 72.8 Å². The van der Waals surface area contributed by atoms with Gasteiger partial charge in [-0.15, -0.1) is 0 Å². The number of likely N-dealkylation sites (tertiary alicyclic amines) is 1. The van der Waals surface area contributed by atoms with Crippen LogP contribution in [0.3, 0.4) is 0 Å². The Morgan fingerprint density at radius 3 is 2.33 bits per heavy atom. The largest absolute Gasteiger partial charge is 0.481 e. The first-order chi connectivity index (χ1) is 21.0. The van der Waals surface area contributed by atoms with E-state index in [-0.39, 0.29) is 37.6 Å². The number of hydrogen-bond donors (Lipinski definition) is 3. The second kappa shape index (κ2) is 15.3. The topological polar surface area (TPSA) is 108 Å². The molecule has 3 aromatic rings. The van der Waals surface area contributed by atoms with Crippen LogP contribution in [-0.2, 0) is 32.2 Å². The molecule has 2 aliphatic rings. The molecule has 3 atom stereocenters. The molecule has 0 bridgehead atoms. The molecule has 3 unspecified atom stereocenters. The van der Waals surface area contributed by atoms with Gasteiger partial charge in [-0.2, -0.15) is 0 Å². The molecule has 2 fully saturated rings. The highest BCUT2D eigenvalue weighted by Gasteiger charge is 2.33. The SMILES string of the molecule is O=C(O)CCCC(=O)NCc1cccc(-c2cccc(C3OC(CN4CCCCC4)CC(c4ccc(CO)cc4)O3)c2)c1. The van der Waals surface area contributed by atoms with E-state index in [1.807, 2.05) is 54.6 Å². The number of piperidine rings is 1. The molecule has 3 N–H and O–H groups in total. The summed E-state index contributed by atoms with van der Waals surface area (Å²) in [6.07, 6.45) is 4.44. The lowest BCUT2D eigenvalue weighted by molar-refractivity contribution is -0.253. The molecule has 0 saturated carbocycles. The minimum Gasteiger partial charge on any atom is -0.481 e. The van der Waals surface area contributed by atoms with Gasteiger partial charge in [0.15, 0.2) is 6.29 Å². The summed E-state index contributed by atoms with van der Waals surface area (Å²) in [5, 5.41) is 21.2. The number of amides is 1. The highest BCUT2D eigenvalue weighted by molar-refractivity contribution is 5.76. The van der Waals surface area contributed by atoms with Gasteiger partial charge in [0, 0.05) is 37.9 Å². The van der Waals surface area contributed by atoms with Gasteiger partial charge < -0.3 is 29.9 Å². The molecule has 2 saturated heterocycles. The van der Waals surface area contributed by atoms with Crippen LogP contribution in [0.5, 0.6) is 0 Å². The number of aliphatic hydroxyl groups is 1. The average Bonchev–Trinajstić information content (AvgIpc) is 3.04. The Balaban J connectivity index is 1.30. The van der Waals surface area contributed by atoms with E-state index in [2.05, 4.69) is 28.4 Å². The number of carboxylic acids is 1. The summed E-state index contributed by atoms with van der Waals surface area (Å²) in [5.41, 5.74) is 5.94. The zero-order chi connectivity index (χ0) is 30.0. The van der Waals surface area contributed by atoms with E-state index in [1.165, 1.54) is 19.3 Å². The first-order valence-corrected chi connectivity index (χ1v) is 15.4. The molecule has 2 heterocycles. The van der Waals surface area contributed by atoms with Gasteiger partial charge in [0.05, 0.1) is 18.8 Å². The van der Waals surface area contributed by atoms with Crippen LogP contribution >= 0.6 is 0 Å². The number of rotatable bonds is 12. The van der Waals surface area contributed by atoms with Crippen molar-refractivity contribution in [2.24, 2.45) is 0 Å². The third-order valence-corrected chi connectivity index (χ3v) is 8.23. The number of carbonyl (C=O) groups is 2. The van der Waals surface area contributed by atoms with Crippen molar-refractivity contribution in [1.29, 1.82) is 0 Å². The van der Waals surface area contributed by atoms with Gasteiger partial charge >= 0.3 is 5.97 Å². The van der Waals surface area contributed by atoms with E-state index in [0.29, 0.717) is 13.0 Å². The molecule has 228 valence electrons. The molecule has 8 nitrogen and oxygen atoms in total. The maximum Gasteiger partial charge on any atom is 0.303 e. The number of nitrogens with zero attached hydrogens (tertiary/aromatic N) is 1. The van der Waals surface area contributed by atoms with Crippen LogP contribution in [-0.4, -0.2) is 52.7 Å². The van der Waals surface area contributed by atoms with Gasteiger partial charge in [0.1, 0.15) is 0 Å². The molecule has 1 amide bonds. The summed E-state index contributed by atoms with van der Waals surface area (Å²) in [6, 6.07) is 24.3. The quantitative estimate of drug-likeness (QED) is 0.248. The van der Waals surface area contributed by atoms with Crippen molar-refractivity contribution in [3.05, 3.63) is 95.1 Å². The summed E-state index contributed by atoms with van der Waals surface area (Å²) in [5.74, 6) is -1.04. The normalized spacial score (nSPS) is 20.9. The van der Waals surface area contributed by atoms with E-state index in [0.717, 1.165) is 59.4 Å². The lowest BCUT2D eigenvalue weighted by atomic mass is 9.98. The third-order valence-electron chi connectivity index (χ3n) is 8.23. The van der Waals surface area contributed by atoms with Crippen LogP contribution < -0.4 is 5.32 Å². The summed E-state index contributed by atoms with van der Waals surface area (Å²) in [7, 11) is 0. The van der Waals surface area contributed by atoms with Crippen molar-refractivity contribution in [2.75, 3.05) is 19.6 Å². The second-order valence-electron chi connectivity index (χ2n) is 11.6. The fraction of sp³-hybridized carbons (Fsp3) is 0.429. The molecule has 0 radical (unpaired) electrons. The Labute approximate surface area is 253 Å². The maximum atomic E-state index is 12.1. The average molecular weight is 587 g/mol. The van der Waals surface area contributed by atoms with Crippen molar-refractivity contribution < 1.29 is 29.3 Å². The minimum atomic E-state index is -0.892. The van der Waals surface area contributed by atoms with Gasteiger partial charge in [-0.3, -0.25) is 9.59 Å². The second-order valence-corrected chi connectivity index (χ2v) is 11.6. The van der Waals surface area contributed by atoms with Gasteiger partial charge in [0.25, 0.3) is 0 Å². The Morgan fingerprint density at radius 2 is 1.58 bits per heavy atom. The molecular formula is C35H42N2O6. The van der Waals surface area contributed by atoms with Crippen LogP contribution in [0.25, 0.3) is 11.1 Å². The smallest absolute Gasteiger partial charge is 0.303 e. The fourth-order valence-corrected chi connectivity index (χ4v) is 5.88. The van der Waals surface area contributed by atoms with Gasteiger partial charge in [0.2, 0.25) is 5.91 Å². The molecular weight excluding hydrogens is 544 g/mol. The molecule has 8 heteroatoms. The molecule has 3 aromatic carbocycles. The molecule has 5 rings (SSSR count). The molecule has 0 aromatic heterocycles. The molecule has 0 spiro atoms. The van der Waals surface area contributed by atoms with Gasteiger partial charge in [-0.1, -0.05) is 67.1 Å². The number of benzene rings is 3. The summed E-state index contributed by atoms with van der Waals surface area (Å²) < 4.78 is 13.2. The van der Waals surface area contributed by atoms with Crippen molar-refractivity contribution in [3.63, 3.8) is 0 Å². The Kier molecular flexibility index (Phi) is 11.0. The Bertz CT molecular complexity index is 1350. The monoisotopic (exact) mass is 586 g/mol. The van der Waals surface area contributed by atoms with Crippen LogP contribution in [0.4, 0.5) is 0 Å². The summed E-state index contributed by atoms with van der Waals surface area (Å²) >= 11 is 0. The van der Waals surface area contributed by atoms with Gasteiger partial charge in [-0.25, -0.2) is 0 Å². The van der Waals surface area contributed by atoms with Crippen LogP contribution in [0.1, 0.15) is 79.6 Å². The third kappa shape index (κ3) is 8.97. The van der Waals surface area contributed by atoms with E-state index in [9.17, 15) is 14.7 Å². The first-order valence-electron chi connectivity index (χ1n) is 15.4. The van der Waals surface area contributed by atoms with E-state index in [1.54, 1.807) is 0 Å².